The molecule has 2 heterocycles. The highest BCUT2D eigenvalue weighted by atomic mass is 16.1. The van der Waals surface area contributed by atoms with Gasteiger partial charge in [-0.15, -0.1) is 0 Å². The molecule has 5 nitrogen and oxygen atoms in total. The van der Waals surface area contributed by atoms with Gasteiger partial charge in [-0.3, -0.25) is 4.79 Å². The Hall–Kier alpha value is -2.69. The minimum Gasteiger partial charge on any atom is -0.349 e. The third kappa shape index (κ3) is 3.01. The second-order valence-electron chi connectivity index (χ2n) is 7.86. The van der Waals surface area contributed by atoms with Crippen LogP contribution in [-0.2, 0) is 0 Å². The maximum absolute atomic E-state index is 13.1. The molecule has 138 valence electrons. The summed E-state index contributed by atoms with van der Waals surface area (Å²) in [7, 11) is 0. The van der Waals surface area contributed by atoms with Gasteiger partial charge >= 0.3 is 0 Å². The number of benzene rings is 1. The first kappa shape index (κ1) is 16.5. The Morgan fingerprint density at radius 3 is 2.56 bits per heavy atom. The maximum atomic E-state index is 13.1. The van der Waals surface area contributed by atoms with Crippen LogP contribution in [0.25, 0.3) is 16.7 Å². The van der Waals surface area contributed by atoms with E-state index in [-0.39, 0.29) is 5.91 Å². The molecule has 2 aliphatic rings. The zero-order chi connectivity index (χ0) is 18.4. The van der Waals surface area contributed by atoms with Crippen molar-refractivity contribution in [2.24, 2.45) is 0 Å². The molecule has 27 heavy (non-hydrogen) atoms. The molecule has 1 aromatic carbocycles. The summed E-state index contributed by atoms with van der Waals surface area (Å²) in [6, 6.07) is 12.3. The van der Waals surface area contributed by atoms with Crippen LogP contribution in [0.3, 0.4) is 0 Å². The number of fused-ring (bicyclic) bond motifs is 1. The summed E-state index contributed by atoms with van der Waals surface area (Å²) in [5.74, 6) is 0.499. The van der Waals surface area contributed by atoms with Gasteiger partial charge in [-0.2, -0.15) is 5.10 Å². The standard InChI is InChI=1S/C22H24N4O/c1-14-20-18(22(27)23-16-7-5-6-8-16)13-19(15-11-12-15)24-21(20)26(25-14)17-9-3-2-4-10-17/h2-4,9-10,13,15-16H,5-8,11-12H2,1H3,(H,23,27). The molecule has 2 fully saturated rings. The molecule has 5 rings (SSSR count). The topological polar surface area (TPSA) is 59.8 Å². The lowest BCUT2D eigenvalue weighted by molar-refractivity contribution is 0.0939. The zero-order valence-electron chi connectivity index (χ0n) is 15.6. The smallest absolute Gasteiger partial charge is 0.252 e. The largest absolute Gasteiger partial charge is 0.349 e. The fourth-order valence-corrected chi connectivity index (χ4v) is 4.16. The summed E-state index contributed by atoms with van der Waals surface area (Å²) >= 11 is 0. The minimum absolute atomic E-state index is 0.0203. The lowest BCUT2D eigenvalue weighted by Gasteiger charge is -2.13. The van der Waals surface area contributed by atoms with E-state index >= 15 is 0 Å². The SMILES string of the molecule is Cc1nn(-c2ccccc2)c2nc(C3CC3)cc(C(=O)NC3CCCC3)c12. The fraction of sp³-hybridized carbons (Fsp3) is 0.409. The summed E-state index contributed by atoms with van der Waals surface area (Å²) < 4.78 is 1.88. The summed E-state index contributed by atoms with van der Waals surface area (Å²) in [5.41, 5.74) is 4.36. The average molecular weight is 360 g/mol. The van der Waals surface area contributed by atoms with Crippen molar-refractivity contribution in [1.29, 1.82) is 0 Å². The van der Waals surface area contributed by atoms with E-state index in [1.165, 1.54) is 12.8 Å². The van der Waals surface area contributed by atoms with Gasteiger partial charge in [0, 0.05) is 17.7 Å². The predicted molar refractivity (Wildman–Crippen MR) is 105 cm³/mol. The number of para-hydroxylation sites is 1. The van der Waals surface area contributed by atoms with E-state index in [1.807, 2.05) is 48.0 Å². The van der Waals surface area contributed by atoms with Crippen LogP contribution < -0.4 is 5.32 Å². The molecular weight excluding hydrogens is 336 g/mol. The first-order valence-corrected chi connectivity index (χ1v) is 9.97. The molecule has 1 amide bonds. The van der Waals surface area contributed by atoms with Crippen molar-refractivity contribution >= 4 is 16.9 Å². The van der Waals surface area contributed by atoms with Crippen LogP contribution >= 0.6 is 0 Å². The molecule has 0 radical (unpaired) electrons. The molecular formula is C22H24N4O. The zero-order valence-corrected chi connectivity index (χ0v) is 15.6. The second kappa shape index (κ2) is 6.48. The van der Waals surface area contributed by atoms with E-state index in [4.69, 9.17) is 10.1 Å². The highest BCUT2D eigenvalue weighted by Gasteiger charge is 2.29. The lowest BCUT2D eigenvalue weighted by Crippen LogP contribution is -2.32. The van der Waals surface area contributed by atoms with Gasteiger partial charge in [0.2, 0.25) is 0 Å². The van der Waals surface area contributed by atoms with Crippen LogP contribution in [-0.4, -0.2) is 26.7 Å². The van der Waals surface area contributed by atoms with Crippen LogP contribution in [0.2, 0.25) is 0 Å². The summed E-state index contributed by atoms with van der Waals surface area (Å²) in [6.07, 6.45) is 6.88. The molecule has 0 unspecified atom stereocenters. The van der Waals surface area contributed by atoms with Gasteiger partial charge in [0.05, 0.1) is 22.3 Å². The van der Waals surface area contributed by atoms with Gasteiger partial charge in [0.15, 0.2) is 5.65 Å². The van der Waals surface area contributed by atoms with Gasteiger partial charge in [0.1, 0.15) is 0 Å². The van der Waals surface area contributed by atoms with Gasteiger partial charge in [-0.05, 0) is 50.8 Å². The van der Waals surface area contributed by atoms with Crippen molar-refractivity contribution in [2.75, 3.05) is 0 Å². The molecule has 3 aromatic rings. The number of rotatable bonds is 4. The van der Waals surface area contributed by atoms with E-state index in [2.05, 4.69) is 5.32 Å². The van der Waals surface area contributed by atoms with Crippen molar-refractivity contribution in [2.45, 2.75) is 57.4 Å². The van der Waals surface area contributed by atoms with Crippen molar-refractivity contribution in [1.82, 2.24) is 20.1 Å². The Bertz CT molecular complexity index is 998. The number of aryl methyl sites for hydroxylation is 1. The molecule has 0 saturated heterocycles. The second-order valence-corrected chi connectivity index (χ2v) is 7.86. The fourth-order valence-electron chi connectivity index (χ4n) is 4.16. The maximum Gasteiger partial charge on any atom is 0.252 e. The molecule has 0 aliphatic heterocycles. The number of nitrogens with one attached hydrogen (secondary N) is 1. The number of carbonyl (C=O) groups excluding carboxylic acids is 1. The van der Waals surface area contributed by atoms with Gasteiger partial charge in [0.25, 0.3) is 5.91 Å². The minimum atomic E-state index is 0.0203. The van der Waals surface area contributed by atoms with Crippen LogP contribution in [0.4, 0.5) is 0 Å². The van der Waals surface area contributed by atoms with E-state index in [0.29, 0.717) is 12.0 Å². The third-order valence-electron chi connectivity index (χ3n) is 5.76. The van der Waals surface area contributed by atoms with Crippen molar-refractivity contribution in [3.63, 3.8) is 0 Å². The van der Waals surface area contributed by atoms with Gasteiger partial charge < -0.3 is 5.32 Å². The quantitative estimate of drug-likeness (QED) is 0.755. The number of aromatic nitrogens is 3. The molecule has 5 heteroatoms. The number of hydrogen-bond donors (Lipinski definition) is 1. The van der Waals surface area contributed by atoms with Crippen molar-refractivity contribution in [3.05, 3.63) is 53.3 Å². The van der Waals surface area contributed by atoms with Crippen molar-refractivity contribution < 1.29 is 4.79 Å². The van der Waals surface area contributed by atoms with Crippen molar-refractivity contribution in [3.8, 4) is 5.69 Å². The molecule has 2 saturated carbocycles. The first-order valence-electron chi connectivity index (χ1n) is 9.97. The molecule has 1 N–H and O–H groups in total. The summed E-state index contributed by atoms with van der Waals surface area (Å²) in [6.45, 7) is 1.96. The molecule has 2 aliphatic carbocycles. The Balaban J connectivity index is 1.65. The normalized spacial score (nSPS) is 17.5. The highest BCUT2D eigenvalue weighted by molar-refractivity contribution is 6.07. The Morgan fingerprint density at radius 2 is 1.85 bits per heavy atom. The average Bonchev–Trinajstić information content (AvgIpc) is 3.33. The van der Waals surface area contributed by atoms with Crippen LogP contribution in [0.1, 0.15) is 66.2 Å². The van der Waals surface area contributed by atoms with E-state index in [0.717, 1.165) is 59.4 Å². The molecule has 0 atom stereocenters. The Labute approximate surface area is 158 Å². The molecule has 2 aromatic heterocycles. The van der Waals surface area contributed by atoms with E-state index < -0.39 is 0 Å². The lowest BCUT2D eigenvalue weighted by atomic mass is 10.1. The van der Waals surface area contributed by atoms with Crippen LogP contribution in [0.15, 0.2) is 36.4 Å². The number of nitrogens with zero attached hydrogens (tertiary/aromatic N) is 3. The van der Waals surface area contributed by atoms with E-state index in [1.54, 1.807) is 0 Å². The molecule has 0 spiro atoms. The van der Waals surface area contributed by atoms with Crippen LogP contribution in [0.5, 0.6) is 0 Å². The monoisotopic (exact) mass is 360 g/mol. The number of amides is 1. The van der Waals surface area contributed by atoms with Crippen LogP contribution in [0, 0.1) is 6.92 Å². The first-order chi connectivity index (χ1) is 13.2. The summed E-state index contributed by atoms with van der Waals surface area (Å²) in [4.78, 5) is 18.1. The Morgan fingerprint density at radius 1 is 1.11 bits per heavy atom. The van der Waals surface area contributed by atoms with Gasteiger partial charge in [-0.25, -0.2) is 9.67 Å². The summed E-state index contributed by atoms with van der Waals surface area (Å²) in [5, 5.41) is 8.85. The Kier molecular flexibility index (Phi) is 3.96. The number of pyridine rings is 1. The van der Waals surface area contributed by atoms with Gasteiger partial charge in [-0.1, -0.05) is 31.0 Å². The number of hydrogen-bond acceptors (Lipinski definition) is 3. The third-order valence-corrected chi connectivity index (χ3v) is 5.76. The molecule has 0 bridgehead atoms. The number of carbonyl (C=O) groups is 1. The van der Waals surface area contributed by atoms with E-state index in [9.17, 15) is 4.79 Å². The highest BCUT2D eigenvalue weighted by Crippen LogP contribution is 2.40. The predicted octanol–water partition coefficient (Wildman–Crippen LogP) is 4.28.